The third-order valence-corrected chi connectivity index (χ3v) is 3.86. The second-order valence-corrected chi connectivity index (χ2v) is 5.64. The van der Waals surface area contributed by atoms with E-state index in [2.05, 4.69) is 15.6 Å². The number of nitrogens with two attached hydrogens (primary N) is 1. The summed E-state index contributed by atoms with van der Waals surface area (Å²) >= 11 is 0. The molecule has 0 saturated carbocycles. The van der Waals surface area contributed by atoms with Crippen molar-refractivity contribution in [2.45, 2.75) is 44.3 Å². The van der Waals surface area contributed by atoms with E-state index in [-0.39, 0.29) is 6.54 Å². The van der Waals surface area contributed by atoms with Crippen molar-refractivity contribution in [3.8, 4) is 0 Å². The Kier molecular flexibility index (Phi) is 5.83. The van der Waals surface area contributed by atoms with Gasteiger partial charge in [0, 0.05) is 13.5 Å². The molecular weight excluding hydrogens is 320 g/mol. The Hall–Kier alpha value is -2.08. The molecule has 1 saturated heterocycles. The molecule has 2 heterocycles. The first-order chi connectivity index (χ1) is 11.4. The van der Waals surface area contributed by atoms with E-state index < -0.39 is 42.7 Å². The first-order valence-corrected chi connectivity index (χ1v) is 7.52. The topological polar surface area (TPSA) is 167 Å². The number of amides is 2. The molecule has 0 unspecified atom stereocenters. The number of nitrogens with zero attached hydrogens (tertiary/aromatic N) is 4. The molecule has 0 radical (unpaired) electrons. The zero-order valence-electron chi connectivity index (χ0n) is 13.2. The zero-order chi connectivity index (χ0) is 17.9. The van der Waals surface area contributed by atoms with Crippen LogP contribution in [0.1, 0.15) is 12.6 Å². The highest BCUT2D eigenvalue weighted by Gasteiger charge is 2.47. The molecule has 0 aliphatic carbocycles. The second-order valence-electron chi connectivity index (χ2n) is 5.64. The lowest BCUT2D eigenvalue weighted by Gasteiger charge is -2.44. The quantitative estimate of drug-likeness (QED) is 0.350. The maximum Gasteiger partial charge on any atom is 0.248 e. The Labute approximate surface area is 138 Å². The summed E-state index contributed by atoms with van der Waals surface area (Å²) in [5.74, 6) is -1.13. The van der Waals surface area contributed by atoms with E-state index in [1.54, 1.807) is 6.20 Å². The molecule has 0 aromatic carbocycles. The number of hydrogen-bond acceptors (Lipinski definition) is 8. The predicted octanol–water partition coefficient (Wildman–Crippen LogP) is -3.83. The fraction of sp³-hybridized carbons (Fsp3) is 0.692. The number of carbonyl (C=O) groups excluding carboxylic acids is 2. The van der Waals surface area contributed by atoms with Gasteiger partial charge in [-0.3, -0.25) is 14.3 Å². The van der Waals surface area contributed by atoms with Crippen LogP contribution < -0.4 is 11.1 Å². The summed E-state index contributed by atoms with van der Waals surface area (Å²) in [5.41, 5.74) is 5.86. The number of rotatable bonds is 6. The fourth-order valence-electron chi connectivity index (χ4n) is 2.69. The summed E-state index contributed by atoms with van der Waals surface area (Å²) in [6.45, 7) is 1.45. The first-order valence-electron chi connectivity index (χ1n) is 7.52. The molecule has 1 aliphatic rings. The maximum atomic E-state index is 12.6. The van der Waals surface area contributed by atoms with E-state index in [1.807, 2.05) is 0 Å². The van der Waals surface area contributed by atoms with Crippen LogP contribution in [0, 0.1) is 0 Å². The summed E-state index contributed by atoms with van der Waals surface area (Å²) in [5, 5.41) is 39.8. The molecule has 24 heavy (non-hydrogen) atoms. The lowest BCUT2D eigenvalue weighted by molar-refractivity contribution is -0.164. The molecule has 0 spiro atoms. The fourth-order valence-corrected chi connectivity index (χ4v) is 2.69. The van der Waals surface area contributed by atoms with E-state index in [0.717, 1.165) is 0 Å². The number of carbonyl (C=O) groups is 2. The van der Waals surface area contributed by atoms with Gasteiger partial charge in [0.2, 0.25) is 11.8 Å². The molecule has 6 N–H and O–H groups in total. The summed E-state index contributed by atoms with van der Waals surface area (Å²) in [4.78, 5) is 25.0. The third-order valence-electron chi connectivity index (χ3n) is 3.86. The van der Waals surface area contributed by atoms with E-state index >= 15 is 0 Å². The number of nitrogens with one attached hydrogen (secondary N) is 1. The molecule has 1 aromatic rings. The SMILES string of the molecule is CC(=O)N[C@H]1C(=O)N(Cc2cn(CCN)nn2)[C@H](CO)[C@@H](O)[C@@H]1O. The van der Waals surface area contributed by atoms with Gasteiger partial charge in [-0.25, -0.2) is 0 Å². The minimum atomic E-state index is -1.51. The van der Waals surface area contributed by atoms with Gasteiger partial charge in [0.05, 0.1) is 31.9 Å². The van der Waals surface area contributed by atoms with Crippen LogP contribution in [0.15, 0.2) is 6.20 Å². The molecule has 2 rings (SSSR count). The van der Waals surface area contributed by atoms with Crippen LogP contribution in [-0.2, 0) is 22.7 Å². The Morgan fingerprint density at radius 3 is 2.71 bits per heavy atom. The normalized spacial score (nSPS) is 27.4. The van der Waals surface area contributed by atoms with Crippen LogP contribution in [0.5, 0.6) is 0 Å². The van der Waals surface area contributed by atoms with E-state index in [9.17, 15) is 24.9 Å². The average Bonchev–Trinajstić information content (AvgIpc) is 2.97. The van der Waals surface area contributed by atoms with Gasteiger partial charge in [0.25, 0.3) is 0 Å². The standard InChI is InChI=1S/C13H22N6O5/c1-7(21)15-10-12(23)11(22)9(6-20)19(13(10)24)5-8-4-18(3-2-14)17-16-8/h4,9-12,20,22-23H,2-3,5-6,14H2,1H3,(H,15,21)/t9-,10-,11-,12-/m1/s1. The highest BCUT2D eigenvalue weighted by atomic mass is 16.3. The maximum absolute atomic E-state index is 12.6. The number of hydrogen-bond donors (Lipinski definition) is 5. The molecule has 1 fully saturated rings. The summed E-state index contributed by atoms with van der Waals surface area (Å²) in [6, 6.07) is -2.31. The van der Waals surface area contributed by atoms with Gasteiger partial charge in [-0.2, -0.15) is 0 Å². The highest BCUT2D eigenvalue weighted by Crippen LogP contribution is 2.22. The van der Waals surface area contributed by atoms with E-state index in [1.165, 1.54) is 16.5 Å². The van der Waals surface area contributed by atoms with Crippen molar-refractivity contribution in [3.05, 3.63) is 11.9 Å². The molecule has 134 valence electrons. The van der Waals surface area contributed by atoms with Crippen molar-refractivity contribution in [1.29, 1.82) is 0 Å². The zero-order valence-corrected chi connectivity index (χ0v) is 13.2. The van der Waals surface area contributed by atoms with Crippen LogP contribution >= 0.6 is 0 Å². The van der Waals surface area contributed by atoms with Gasteiger partial charge < -0.3 is 31.3 Å². The monoisotopic (exact) mass is 342 g/mol. The minimum Gasteiger partial charge on any atom is -0.394 e. The van der Waals surface area contributed by atoms with Crippen molar-refractivity contribution in [1.82, 2.24) is 25.2 Å². The molecule has 1 aliphatic heterocycles. The Bertz CT molecular complexity index is 593. The lowest BCUT2D eigenvalue weighted by atomic mass is 9.91. The van der Waals surface area contributed by atoms with Crippen LogP contribution in [0.4, 0.5) is 0 Å². The van der Waals surface area contributed by atoms with Crippen molar-refractivity contribution in [2.24, 2.45) is 5.73 Å². The molecule has 0 bridgehead atoms. The van der Waals surface area contributed by atoms with Crippen molar-refractivity contribution in [2.75, 3.05) is 13.2 Å². The van der Waals surface area contributed by atoms with Crippen LogP contribution in [0.3, 0.4) is 0 Å². The number of aromatic nitrogens is 3. The highest BCUT2D eigenvalue weighted by molar-refractivity contribution is 5.88. The third kappa shape index (κ3) is 3.70. The van der Waals surface area contributed by atoms with Crippen LogP contribution in [0.2, 0.25) is 0 Å². The van der Waals surface area contributed by atoms with Gasteiger partial charge in [-0.05, 0) is 0 Å². The number of likely N-dealkylation sites (tertiary alicyclic amines) is 1. The molecular formula is C13H22N6O5. The van der Waals surface area contributed by atoms with E-state index in [4.69, 9.17) is 5.73 Å². The largest absolute Gasteiger partial charge is 0.394 e. The van der Waals surface area contributed by atoms with Gasteiger partial charge in [-0.15, -0.1) is 5.10 Å². The van der Waals surface area contributed by atoms with Crippen molar-refractivity contribution in [3.63, 3.8) is 0 Å². The molecule has 2 amide bonds. The summed E-state index contributed by atoms with van der Waals surface area (Å²) in [7, 11) is 0. The lowest BCUT2D eigenvalue weighted by Crippen LogP contribution is -2.68. The second kappa shape index (κ2) is 7.66. The summed E-state index contributed by atoms with van der Waals surface area (Å²) < 4.78 is 1.51. The Morgan fingerprint density at radius 2 is 2.12 bits per heavy atom. The van der Waals surface area contributed by atoms with Crippen molar-refractivity contribution < 1.29 is 24.9 Å². The Morgan fingerprint density at radius 1 is 1.42 bits per heavy atom. The predicted molar refractivity (Wildman–Crippen MR) is 80.1 cm³/mol. The summed E-state index contributed by atoms with van der Waals surface area (Å²) in [6.07, 6.45) is -1.33. The van der Waals surface area contributed by atoms with Crippen LogP contribution in [0.25, 0.3) is 0 Å². The smallest absolute Gasteiger partial charge is 0.248 e. The molecule has 1 aromatic heterocycles. The molecule has 11 nitrogen and oxygen atoms in total. The first kappa shape index (κ1) is 18.3. The molecule has 4 atom stereocenters. The van der Waals surface area contributed by atoms with Crippen molar-refractivity contribution >= 4 is 11.8 Å². The van der Waals surface area contributed by atoms with Gasteiger partial charge in [-0.1, -0.05) is 5.21 Å². The van der Waals surface area contributed by atoms with Gasteiger partial charge in [0.15, 0.2) is 0 Å². The Balaban J connectivity index is 2.22. The van der Waals surface area contributed by atoms with Gasteiger partial charge >= 0.3 is 0 Å². The molecule has 11 heteroatoms. The van der Waals surface area contributed by atoms with Gasteiger partial charge in [0.1, 0.15) is 23.9 Å². The van der Waals surface area contributed by atoms with Crippen LogP contribution in [-0.4, -0.2) is 84.5 Å². The average molecular weight is 342 g/mol. The minimum absolute atomic E-state index is 0.0332. The number of aliphatic hydroxyl groups is 3. The number of aliphatic hydroxyl groups excluding tert-OH is 3. The van der Waals surface area contributed by atoms with E-state index in [0.29, 0.717) is 18.8 Å². The number of piperidine rings is 1.